The fraction of sp³-hybridized carbons (Fsp3) is 0.200. The first-order valence-electron chi connectivity index (χ1n) is 4.92. The Morgan fingerprint density at radius 1 is 1.67 bits per heavy atom. The van der Waals surface area contributed by atoms with Crippen molar-refractivity contribution in [2.24, 2.45) is 9.98 Å². The molecule has 8 heteroatoms. The summed E-state index contributed by atoms with van der Waals surface area (Å²) >= 11 is 6.14. The van der Waals surface area contributed by atoms with Crippen LogP contribution in [0.25, 0.3) is 6.08 Å². The Bertz CT molecular complexity index is 652. The van der Waals surface area contributed by atoms with Crippen LogP contribution in [0.1, 0.15) is 11.8 Å². The van der Waals surface area contributed by atoms with Crippen LogP contribution in [0.2, 0.25) is 0 Å². The Labute approximate surface area is 111 Å². The third-order valence-electron chi connectivity index (χ3n) is 2.27. The maximum absolute atomic E-state index is 10.6. The number of aliphatic imine (C=N–C) groups is 2. The van der Waals surface area contributed by atoms with Crippen molar-refractivity contribution in [1.82, 2.24) is 4.57 Å². The van der Waals surface area contributed by atoms with Crippen molar-refractivity contribution in [2.75, 3.05) is 0 Å². The van der Waals surface area contributed by atoms with Gasteiger partial charge in [0.15, 0.2) is 3.95 Å². The van der Waals surface area contributed by atoms with Gasteiger partial charge in [-0.25, -0.2) is 9.98 Å². The summed E-state index contributed by atoms with van der Waals surface area (Å²) in [5.41, 5.74) is 1.36. The quantitative estimate of drug-likeness (QED) is 0.830. The summed E-state index contributed by atoms with van der Waals surface area (Å²) in [5.74, 6) is -1.22. The SMILES string of the molecule is CC1=NC=N/C1=C\c1sc(=S)n(CC(=O)O)c1O. The molecule has 2 rings (SSSR count). The number of allylic oxidation sites excluding steroid dienone is 1. The first-order chi connectivity index (χ1) is 8.49. The normalized spacial score (nSPS) is 16.3. The fourth-order valence-corrected chi connectivity index (χ4v) is 2.63. The molecule has 1 aliphatic rings. The van der Waals surface area contributed by atoms with E-state index in [0.717, 1.165) is 17.0 Å². The van der Waals surface area contributed by atoms with Gasteiger partial charge >= 0.3 is 5.97 Å². The molecule has 0 fully saturated rings. The number of aromatic hydroxyl groups is 1. The van der Waals surface area contributed by atoms with Gasteiger partial charge in [0.2, 0.25) is 5.88 Å². The van der Waals surface area contributed by atoms with Crippen molar-refractivity contribution >= 4 is 47.7 Å². The average molecular weight is 283 g/mol. The number of carboxylic acids is 1. The minimum atomic E-state index is -1.06. The number of carboxylic acid groups (broad SMARTS) is 1. The van der Waals surface area contributed by atoms with E-state index < -0.39 is 5.97 Å². The van der Waals surface area contributed by atoms with E-state index in [2.05, 4.69) is 9.98 Å². The van der Waals surface area contributed by atoms with E-state index >= 15 is 0 Å². The molecule has 2 heterocycles. The van der Waals surface area contributed by atoms with Gasteiger partial charge in [-0.05, 0) is 25.2 Å². The van der Waals surface area contributed by atoms with E-state index in [1.807, 2.05) is 0 Å². The van der Waals surface area contributed by atoms with Crippen molar-refractivity contribution in [1.29, 1.82) is 0 Å². The molecule has 18 heavy (non-hydrogen) atoms. The molecule has 94 valence electrons. The number of hydrogen-bond acceptors (Lipinski definition) is 6. The highest BCUT2D eigenvalue weighted by Gasteiger charge is 2.14. The van der Waals surface area contributed by atoms with Gasteiger partial charge in [0.1, 0.15) is 12.9 Å². The predicted molar refractivity (Wildman–Crippen MR) is 72.0 cm³/mol. The zero-order valence-electron chi connectivity index (χ0n) is 9.32. The summed E-state index contributed by atoms with van der Waals surface area (Å²) < 4.78 is 1.47. The van der Waals surface area contributed by atoms with Crippen LogP contribution in [0.3, 0.4) is 0 Å². The lowest BCUT2D eigenvalue weighted by molar-refractivity contribution is -0.137. The molecule has 0 radical (unpaired) electrons. The van der Waals surface area contributed by atoms with Crippen LogP contribution >= 0.6 is 23.6 Å². The van der Waals surface area contributed by atoms with Crippen molar-refractivity contribution in [2.45, 2.75) is 13.5 Å². The molecule has 0 saturated heterocycles. The van der Waals surface area contributed by atoms with E-state index in [-0.39, 0.29) is 12.4 Å². The van der Waals surface area contributed by atoms with Gasteiger partial charge in [-0.3, -0.25) is 9.36 Å². The summed E-state index contributed by atoms with van der Waals surface area (Å²) in [5, 5.41) is 18.6. The van der Waals surface area contributed by atoms with Gasteiger partial charge in [0.05, 0.1) is 16.3 Å². The second kappa shape index (κ2) is 4.83. The zero-order chi connectivity index (χ0) is 13.3. The van der Waals surface area contributed by atoms with Gasteiger partial charge in [0, 0.05) is 0 Å². The van der Waals surface area contributed by atoms with E-state index in [9.17, 15) is 9.90 Å². The highest BCUT2D eigenvalue weighted by atomic mass is 32.1. The van der Waals surface area contributed by atoms with E-state index in [4.69, 9.17) is 17.3 Å². The minimum absolute atomic E-state index is 0.158. The monoisotopic (exact) mass is 283 g/mol. The number of thiazole rings is 1. The number of aromatic nitrogens is 1. The molecule has 0 atom stereocenters. The molecule has 0 aliphatic carbocycles. The maximum Gasteiger partial charge on any atom is 0.323 e. The van der Waals surface area contributed by atoms with Crippen molar-refractivity contribution in [3.8, 4) is 5.88 Å². The topological polar surface area (TPSA) is 87.2 Å². The largest absolute Gasteiger partial charge is 0.493 e. The second-order valence-electron chi connectivity index (χ2n) is 3.52. The molecule has 1 aliphatic heterocycles. The Kier molecular flexibility index (Phi) is 3.39. The molecule has 6 nitrogen and oxygen atoms in total. The maximum atomic E-state index is 10.6. The van der Waals surface area contributed by atoms with E-state index in [0.29, 0.717) is 14.5 Å². The van der Waals surface area contributed by atoms with E-state index in [1.165, 1.54) is 10.9 Å². The third kappa shape index (κ3) is 2.39. The number of hydrogen-bond donors (Lipinski definition) is 2. The summed E-state index contributed by atoms with van der Waals surface area (Å²) in [6, 6.07) is 0. The van der Waals surface area contributed by atoms with Crippen LogP contribution in [0, 0.1) is 3.95 Å². The molecule has 0 bridgehead atoms. The molecular weight excluding hydrogens is 274 g/mol. The van der Waals surface area contributed by atoms with Crippen molar-refractivity contribution in [3.63, 3.8) is 0 Å². The van der Waals surface area contributed by atoms with Crippen molar-refractivity contribution < 1.29 is 15.0 Å². The van der Waals surface area contributed by atoms with Crippen LogP contribution in [-0.2, 0) is 11.3 Å². The molecular formula is C10H9N3O3S2. The molecule has 0 unspecified atom stereocenters. The van der Waals surface area contributed by atoms with Crippen LogP contribution in [0.15, 0.2) is 15.7 Å². The summed E-state index contributed by atoms with van der Waals surface area (Å²) in [6.07, 6.45) is 3.06. The second-order valence-corrected chi connectivity index (χ2v) is 5.20. The van der Waals surface area contributed by atoms with Crippen LogP contribution in [0.4, 0.5) is 0 Å². The Morgan fingerprint density at radius 2 is 2.39 bits per heavy atom. The van der Waals surface area contributed by atoms with Crippen molar-refractivity contribution in [3.05, 3.63) is 14.5 Å². The Balaban J connectivity index is 2.42. The summed E-state index contributed by atoms with van der Waals surface area (Å²) in [7, 11) is 0. The van der Waals surface area contributed by atoms with Crippen LogP contribution in [-0.4, -0.2) is 32.8 Å². The fourth-order valence-electron chi connectivity index (χ4n) is 1.39. The van der Waals surface area contributed by atoms with Gasteiger partial charge in [0.25, 0.3) is 0 Å². The zero-order valence-corrected chi connectivity index (χ0v) is 11.0. The number of carbonyl (C=O) groups is 1. The lowest BCUT2D eigenvalue weighted by atomic mass is 10.3. The highest BCUT2D eigenvalue weighted by molar-refractivity contribution is 7.73. The first kappa shape index (κ1) is 12.7. The predicted octanol–water partition coefficient (Wildman–Crippen LogP) is 1.91. The van der Waals surface area contributed by atoms with Crippen LogP contribution in [0.5, 0.6) is 5.88 Å². The highest BCUT2D eigenvalue weighted by Crippen LogP contribution is 2.29. The smallest absolute Gasteiger partial charge is 0.323 e. The molecule has 0 aromatic carbocycles. The lowest BCUT2D eigenvalue weighted by Gasteiger charge is -2.00. The number of nitrogens with zero attached hydrogens (tertiary/aromatic N) is 3. The minimum Gasteiger partial charge on any atom is -0.493 e. The van der Waals surface area contributed by atoms with Gasteiger partial charge in [-0.2, -0.15) is 0 Å². The summed E-state index contributed by atoms with van der Waals surface area (Å²) in [6.45, 7) is 1.43. The molecule has 1 aromatic rings. The Morgan fingerprint density at radius 3 is 2.94 bits per heavy atom. The average Bonchev–Trinajstić information content (AvgIpc) is 2.79. The lowest BCUT2D eigenvalue weighted by Crippen LogP contribution is -2.07. The molecule has 2 N–H and O–H groups in total. The Hall–Kier alpha value is -1.80. The summed E-state index contributed by atoms with van der Waals surface area (Å²) in [4.78, 5) is 19.1. The van der Waals surface area contributed by atoms with Crippen LogP contribution < -0.4 is 0 Å². The standard InChI is InChI=1S/C10H9N3O3S2/c1-5-6(12-4-11-5)2-7-9(16)13(3-8(14)15)10(17)18-7/h2,4,16H,3H2,1H3,(H,14,15)/b6-2-. The van der Waals surface area contributed by atoms with Gasteiger partial charge < -0.3 is 10.2 Å². The molecule has 0 spiro atoms. The first-order valence-corrected chi connectivity index (χ1v) is 6.15. The molecule has 1 aromatic heterocycles. The number of aliphatic carboxylic acids is 1. The van der Waals surface area contributed by atoms with Gasteiger partial charge in [-0.15, -0.1) is 11.3 Å². The molecule has 0 amide bonds. The molecule has 0 saturated carbocycles. The van der Waals surface area contributed by atoms with E-state index in [1.54, 1.807) is 13.0 Å². The third-order valence-corrected chi connectivity index (χ3v) is 3.66. The van der Waals surface area contributed by atoms with Gasteiger partial charge in [-0.1, -0.05) is 0 Å². The number of rotatable bonds is 3.